The minimum atomic E-state index is 0.121. The van der Waals surface area contributed by atoms with Crippen LogP contribution in [0.1, 0.15) is 27.0 Å². The van der Waals surface area contributed by atoms with Gasteiger partial charge in [-0.25, -0.2) is 0 Å². The maximum absolute atomic E-state index is 12.1. The summed E-state index contributed by atoms with van der Waals surface area (Å²) < 4.78 is 0. The Morgan fingerprint density at radius 3 is 2.41 bits per heavy atom. The molecule has 1 nitrogen and oxygen atoms in total. The van der Waals surface area contributed by atoms with E-state index in [4.69, 9.17) is 0 Å². The van der Waals surface area contributed by atoms with E-state index < -0.39 is 0 Å². The average Bonchev–Trinajstić information content (AvgIpc) is 2.76. The van der Waals surface area contributed by atoms with Crippen molar-refractivity contribution in [2.45, 2.75) is 18.7 Å². The van der Waals surface area contributed by atoms with E-state index in [2.05, 4.69) is 6.92 Å². The second kappa shape index (κ2) is 5.52. The molecule has 2 rings (SSSR count). The van der Waals surface area contributed by atoms with Crippen molar-refractivity contribution in [2.75, 3.05) is 5.75 Å². The molecule has 0 aliphatic carbocycles. The molecule has 2 aromatic rings. The quantitative estimate of drug-likeness (QED) is 0.600. The maximum Gasteiger partial charge on any atom is 0.202 e. The van der Waals surface area contributed by atoms with E-state index in [9.17, 15) is 4.79 Å². The van der Waals surface area contributed by atoms with Gasteiger partial charge in [-0.2, -0.15) is 0 Å². The molecule has 0 saturated heterocycles. The molecule has 88 valence electrons. The molecule has 1 aromatic heterocycles. The normalized spacial score (nSPS) is 10.5. The number of thioether (sulfide) groups is 1. The summed E-state index contributed by atoms with van der Waals surface area (Å²) in [5, 5.41) is 0. The van der Waals surface area contributed by atoms with Crippen LogP contribution in [0.25, 0.3) is 0 Å². The van der Waals surface area contributed by atoms with Crippen molar-refractivity contribution < 1.29 is 4.79 Å². The number of hydrogen-bond donors (Lipinski definition) is 0. The highest BCUT2D eigenvalue weighted by Gasteiger charge is 2.10. The molecule has 0 spiro atoms. The second-order valence-corrected chi connectivity index (χ2v) is 6.32. The van der Waals surface area contributed by atoms with Gasteiger partial charge in [0.05, 0.1) is 4.88 Å². The fourth-order valence-electron chi connectivity index (χ4n) is 1.57. The van der Waals surface area contributed by atoms with E-state index in [1.54, 1.807) is 23.1 Å². The Labute approximate surface area is 110 Å². The summed E-state index contributed by atoms with van der Waals surface area (Å²) in [6.45, 7) is 4.14. The molecule has 0 fully saturated rings. The summed E-state index contributed by atoms with van der Waals surface area (Å²) in [5.74, 6) is 1.17. The molecule has 1 heterocycles. The number of hydrogen-bond acceptors (Lipinski definition) is 3. The first-order chi connectivity index (χ1) is 8.20. The van der Waals surface area contributed by atoms with Crippen LogP contribution in [-0.4, -0.2) is 11.5 Å². The molecular weight excluding hydrogens is 248 g/mol. The molecule has 0 bridgehead atoms. The molecule has 0 radical (unpaired) electrons. The minimum Gasteiger partial charge on any atom is -0.288 e. The molecule has 0 N–H and O–H groups in total. The molecule has 0 unspecified atom stereocenters. The summed E-state index contributed by atoms with van der Waals surface area (Å²) in [7, 11) is 0. The summed E-state index contributed by atoms with van der Waals surface area (Å²) in [4.78, 5) is 15.3. The Balaban J connectivity index is 2.20. The van der Waals surface area contributed by atoms with Crippen LogP contribution < -0.4 is 0 Å². The third kappa shape index (κ3) is 2.99. The first kappa shape index (κ1) is 12.4. The van der Waals surface area contributed by atoms with Crippen molar-refractivity contribution >= 4 is 28.9 Å². The van der Waals surface area contributed by atoms with Crippen LogP contribution in [-0.2, 0) is 0 Å². The predicted octanol–water partition coefficient (Wildman–Crippen LogP) is 4.40. The van der Waals surface area contributed by atoms with Gasteiger partial charge in [-0.3, -0.25) is 4.79 Å². The highest BCUT2D eigenvalue weighted by atomic mass is 32.2. The minimum absolute atomic E-state index is 0.121. The number of ketones is 1. The molecular formula is C14H14OS2. The van der Waals surface area contributed by atoms with E-state index in [1.165, 1.54) is 9.77 Å². The lowest BCUT2D eigenvalue weighted by Gasteiger charge is -2.01. The zero-order chi connectivity index (χ0) is 12.3. The van der Waals surface area contributed by atoms with Crippen molar-refractivity contribution in [1.29, 1.82) is 0 Å². The van der Waals surface area contributed by atoms with Gasteiger partial charge in [-0.15, -0.1) is 23.1 Å². The first-order valence-electron chi connectivity index (χ1n) is 5.54. The van der Waals surface area contributed by atoms with Gasteiger partial charge < -0.3 is 0 Å². The predicted molar refractivity (Wildman–Crippen MR) is 75.3 cm³/mol. The fraction of sp³-hybridized carbons (Fsp3) is 0.214. The Kier molecular flexibility index (Phi) is 4.02. The Hall–Kier alpha value is -1.06. The number of carbonyl (C=O) groups excluding carboxylic acids is 1. The number of rotatable bonds is 4. The van der Waals surface area contributed by atoms with E-state index in [-0.39, 0.29) is 5.78 Å². The highest BCUT2D eigenvalue weighted by Crippen LogP contribution is 2.22. The van der Waals surface area contributed by atoms with Gasteiger partial charge in [0.25, 0.3) is 0 Å². The molecule has 1 aromatic carbocycles. The van der Waals surface area contributed by atoms with Crippen LogP contribution in [0, 0.1) is 6.92 Å². The third-order valence-electron chi connectivity index (χ3n) is 2.39. The fourth-order valence-corrected chi connectivity index (χ4v) is 3.06. The lowest BCUT2D eigenvalue weighted by Crippen LogP contribution is -1.97. The molecule has 0 aliphatic rings. The summed E-state index contributed by atoms with van der Waals surface area (Å²) in [6.07, 6.45) is 0. The van der Waals surface area contributed by atoms with Crippen LogP contribution >= 0.6 is 23.1 Å². The monoisotopic (exact) mass is 262 g/mol. The molecule has 0 aliphatic heterocycles. The maximum atomic E-state index is 12.1. The zero-order valence-corrected chi connectivity index (χ0v) is 11.5. The van der Waals surface area contributed by atoms with Crippen LogP contribution in [0.15, 0.2) is 41.3 Å². The zero-order valence-electron chi connectivity index (χ0n) is 9.90. The summed E-state index contributed by atoms with van der Waals surface area (Å²) in [6, 6.07) is 11.7. The largest absolute Gasteiger partial charge is 0.288 e. The Morgan fingerprint density at radius 2 is 1.88 bits per heavy atom. The third-order valence-corrected chi connectivity index (χ3v) is 4.29. The first-order valence-corrected chi connectivity index (χ1v) is 7.35. The van der Waals surface area contributed by atoms with Crippen molar-refractivity contribution in [3.63, 3.8) is 0 Å². The standard InChI is InChI=1S/C14H14OS2/c1-3-16-12-7-5-11(6-8-12)14(15)13-9-4-10(2)17-13/h4-9H,3H2,1-2H3. The topological polar surface area (TPSA) is 17.1 Å². The number of benzene rings is 1. The number of aryl methyl sites for hydroxylation is 1. The second-order valence-electron chi connectivity index (χ2n) is 3.70. The molecule has 0 amide bonds. The smallest absolute Gasteiger partial charge is 0.202 e. The summed E-state index contributed by atoms with van der Waals surface area (Å²) >= 11 is 3.34. The van der Waals surface area contributed by atoms with Crippen LogP contribution in [0.2, 0.25) is 0 Å². The van der Waals surface area contributed by atoms with E-state index in [0.717, 1.165) is 16.2 Å². The van der Waals surface area contributed by atoms with Crippen LogP contribution in [0.4, 0.5) is 0 Å². The molecule has 17 heavy (non-hydrogen) atoms. The Morgan fingerprint density at radius 1 is 1.18 bits per heavy atom. The average molecular weight is 262 g/mol. The van der Waals surface area contributed by atoms with Gasteiger partial charge in [-0.05, 0) is 49.1 Å². The van der Waals surface area contributed by atoms with Gasteiger partial charge in [0.2, 0.25) is 5.78 Å². The van der Waals surface area contributed by atoms with Crippen molar-refractivity contribution in [2.24, 2.45) is 0 Å². The van der Waals surface area contributed by atoms with E-state index in [0.29, 0.717) is 0 Å². The van der Waals surface area contributed by atoms with Gasteiger partial charge in [-0.1, -0.05) is 6.92 Å². The van der Waals surface area contributed by atoms with Gasteiger partial charge in [0.1, 0.15) is 0 Å². The van der Waals surface area contributed by atoms with Crippen molar-refractivity contribution in [3.8, 4) is 0 Å². The summed E-state index contributed by atoms with van der Waals surface area (Å²) in [5.41, 5.74) is 0.771. The van der Waals surface area contributed by atoms with Crippen molar-refractivity contribution in [1.82, 2.24) is 0 Å². The lowest BCUT2D eigenvalue weighted by molar-refractivity contribution is 0.104. The van der Waals surface area contributed by atoms with Crippen molar-refractivity contribution in [3.05, 3.63) is 51.7 Å². The van der Waals surface area contributed by atoms with E-state index in [1.807, 2.05) is 43.3 Å². The molecule has 0 atom stereocenters. The molecule has 0 saturated carbocycles. The molecule has 3 heteroatoms. The Bertz CT molecular complexity index is 511. The van der Waals surface area contributed by atoms with Gasteiger partial charge in [0, 0.05) is 15.3 Å². The van der Waals surface area contributed by atoms with Gasteiger partial charge in [0.15, 0.2) is 0 Å². The number of carbonyl (C=O) groups is 1. The number of thiophene rings is 1. The SMILES string of the molecule is CCSc1ccc(C(=O)c2ccc(C)s2)cc1. The van der Waals surface area contributed by atoms with Crippen LogP contribution in [0.5, 0.6) is 0 Å². The van der Waals surface area contributed by atoms with Crippen LogP contribution in [0.3, 0.4) is 0 Å². The van der Waals surface area contributed by atoms with E-state index >= 15 is 0 Å². The highest BCUT2D eigenvalue weighted by molar-refractivity contribution is 7.99. The van der Waals surface area contributed by atoms with Gasteiger partial charge >= 0.3 is 0 Å². The lowest BCUT2D eigenvalue weighted by atomic mass is 10.1.